The molecule has 0 amide bonds. The summed E-state index contributed by atoms with van der Waals surface area (Å²) in [4.78, 5) is 12.1. The summed E-state index contributed by atoms with van der Waals surface area (Å²) in [6, 6.07) is 7.44. The Morgan fingerprint density at radius 3 is 2.82 bits per heavy atom. The zero-order valence-corrected chi connectivity index (χ0v) is 13.4. The minimum absolute atomic E-state index is 0.126. The lowest BCUT2D eigenvalue weighted by molar-refractivity contribution is 0.311. The lowest BCUT2D eigenvalue weighted by Crippen LogP contribution is -2.28. The first-order valence-electron chi connectivity index (χ1n) is 6.69. The summed E-state index contributed by atoms with van der Waals surface area (Å²) in [6.45, 7) is 2.46. The summed E-state index contributed by atoms with van der Waals surface area (Å²) in [7, 11) is 3.23. The molecule has 0 radical (unpaired) electrons. The van der Waals surface area contributed by atoms with Crippen LogP contribution < -0.4 is 24.2 Å². The van der Waals surface area contributed by atoms with Crippen molar-refractivity contribution in [3.63, 3.8) is 0 Å². The number of hydrogen-bond acceptors (Lipinski definition) is 5. The fraction of sp³-hybridized carbons (Fsp3) is 0.250. The predicted molar refractivity (Wildman–Crippen MR) is 86.6 cm³/mol. The molecule has 0 fully saturated rings. The number of thiazole rings is 1. The van der Waals surface area contributed by atoms with Gasteiger partial charge in [0, 0.05) is 13.1 Å². The van der Waals surface area contributed by atoms with Crippen molar-refractivity contribution in [2.24, 2.45) is 7.05 Å². The molecule has 5 nitrogen and oxygen atoms in total. The van der Waals surface area contributed by atoms with Gasteiger partial charge in [0.2, 0.25) is 0 Å². The van der Waals surface area contributed by atoms with Crippen LogP contribution in [-0.4, -0.2) is 18.3 Å². The second kappa shape index (κ2) is 6.96. The molecule has 0 aliphatic carbocycles. The van der Waals surface area contributed by atoms with E-state index < -0.39 is 0 Å². The molecule has 22 heavy (non-hydrogen) atoms. The van der Waals surface area contributed by atoms with Crippen LogP contribution in [0.5, 0.6) is 11.5 Å². The van der Waals surface area contributed by atoms with Crippen LogP contribution in [0.4, 0.5) is 0 Å². The van der Waals surface area contributed by atoms with E-state index in [1.165, 1.54) is 22.0 Å². The minimum atomic E-state index is -0.126. The molecule has 2 rings (SSSR count). The molecular formula is C16H16N2O3S. The van der Waals surface area contributed by atoms with Gasteiger partial charge in [0.1, 0.15) is 4.66 Å². The average molecular weight is 316 g/mol. The van der Waals surface area contributed by atoms with Crippen LogP contribution in [0, 0.1) is 11.3 Å². The first-order chi connectivity index (χ1) is 10.6. The third-order valence-electron chi connectivity index (χ3n) is 3.03. The highest BCUT2D eigenvalue weighted by atomic mass is 32.1. The minimum Gasteiger partial charge on any atom is -0.493 e. The smallest absolute Gasteiger partial charge is 0.268 e. The van der Waals surface area contributed by atoms with E-state index in [2.05, 4.69) is 0 Å². The van der Waals surface area contributed by atoms with Crippen molar-refractivity contribution in [3.8, 4) is 17.6 Å². The first kappa shape index (κ1) is 15.9. The van der Waals surface area contributed by atoms with Gasteiger partial charge < -0.3 is 14.0 Å². The molecular weight excluding hydrogens is 300 g/mol. The summed E-state index contributed by atoms with van der Waals surface area (Å²) in [5, 5.41) is 8.73. The topological polar surface area (TPSA) is 64.2 Å². The fourth-order valence-electron chi connectivity index (χ4n) is 1.96. The number of rotatable bonds is 4. The van der Waals surface area contributed by atoms with Crippen molar-refractivity contribution in [2.75, 3.05) is 13.7 Å². The monoisotopic (exact) mass is 316 g/mol. The average Bonchev–Trinajstić information content (AvgIpc) is 2.77. The maximum atomic E-state index is 12.1. The predicted octanol–water partition coefficient (Wildman–Crippen LogP) is 0.987. The van der Waals surface area contributed by atoms with Gasteiger partial charge in [-0.25, -0.2) is 0 Å². The highest BCUT2D eigenvalue weighted by molar-refractivity contribution is 7.07. The highest BCUT2D eigenvalue weighted by Crippen LogP contribution is 2.28. The van der Waals surface area contributed by atoms with E-state index in [-0.39, 0.29) is 5.56 Å². The van der Waals surface area contributed by atoms with Gasteiger partial charge in [0.25, 0.3) is 5.56 Å². The number of nitriles is 1. The number of hydrogen-bond donors (Lipinski definition) is 0. The van der Waals surface area contributed by atoms with Gasteiger partial charge in [0.05, 0.1) is 24.3 Å². The van der Waals surface area contributed by atoms with Crippen molar-refractivity contribution >= 4 is 23.5 Å². The number of ether oxygens (including phenoxy) is 2. The standard InChI is InChI=1S/C16H16N2O3S/c1-4-21-12-6-5-11(9-13(12)20-3)10-14-16(19)18(2)15(22-14)7-8-17/h5-7,9-10H,4H2,1-3H3/b14-10-,15-7-. The van der Waals surface area contributed by atoms with Gasteiger partial charge in [0.15, 0.2) is 11.5 Å². The molecule has 0 unspecified atom stereocenters. The molecule has 2 aromatic rings. The molecule has 0 aliphatic rings. The molecule has 0 aliphatic heterocycles. The van der Waals surface area contributed by atoms with Crippen molar-refractivity contribution in [1.29, 1.82) is 5.26 Å². The quantitative estimate of drug-likeness (QED) is 0.844. The molecule has 0 saturated carbocycles. The molecule has 0 spiro atoms. The maximum absolute atomic E-state index is 12.1. The van der Waals surface area contributed by atoms with E-state index in [0.717, 1.165) is 5.56 Å². The molecule has 1 heterocycles. The summed E-state index contributed by atoms with van der Waals surface area (Å²) < 4.78 is 13.4. The highest BCUT2D eigenvalue weighted by Gasteiger charge is 2.05. The Labute approximate surface area is 132 Å². The van der Waals surface area contributed by atoms with Crippen LogP contribution in [-0.2, 0) is 7.05 Å². The SMILES string of the molecule is CCOc1ccc(/C=c2\s/c(=C\C#N)n(C)c2=O)cc1OC. The maximum Gasteiger partial charge on any atom is 0.268 e. The van der Waals surface area contributed by atoms with Crippen LogP contribution in [0.15, 0.2) is 23.0 Å². The number of nitrogens with zero attached hydrogens (tertiary/aromatic N) is 2. The Kier molecular flexibility index (Phi) is 5.02. The van der Waals surface area contributed by atoms with Crippen LogP contribution in [0.1, 0.15) is 12.5 Å². The first-order valence-corrected chi connectivity index (χ1v) is 7.50. The van der Waals surface area contributed by atoms with Gasteiger partial charge in [-0.2, -0.15) is 5.26 Å². The molecule has 0 bridgehead atoms. The zero-order chi connectivity index (χ0) is 16.1. The van der Waals surface area contributed by atoms with Gasteiger partial charge in [-0.1, -0.05) is 6.07 Å². The van der Waals surface area contributed by atoms with Gasteiger partial charge in [-0.15, -0.1) is 11.3 Å². The van der Waals surface area contributed by atoms with Crippen molar-refractivity contribution in [2.45, 2.75) is 6.92 Å². The van der Waals surface area contributed by atoms with Crippen LogP contribution in [0.3, 0.4) is 0 Å². The van der Waals surface area contributed by atoms with Crippen LogP contribution in [0.25, 0.3) is 12.2 Å². The lowest BCUT2D eigenvalue weighted by atomic mass is 10.2. The molecule has 1 aromatic carbocycles. The fourth-order valence-corrected chi connectivity index (χ4v) is 2.94. The zero-order valence-electron chi connectivity index (χ0n) is 12.6. The van der Waals surface area contributed by atoms with Crippen molar-refractivity contribution in [3.05, 3.63) is 43.3 Å². The largest absolute Gasteiger partial charge is 0.493 e. The second-order valence-corrected chi connectivity index (χ2v) is 5.49. The third-order valence-corrected chi connectivity index (χ3v) is 4.15. The van der Waals surface area contributed by atoms with E-state index >= 15 is 0 Å². The summed E-state index contributed by atoms with van der Waals surface area (Å²) >= 11 is 1.28. The normalized spacial score (nSPS) is 12.3. The molecule has 0 N–H and O–H groups in total. The Morgan fingerprint density at radius 2 is 2.18 bits per heavy atom. The van der Waals surface area contributed by atoms with Crippen molar-refractivity contribution < 1.29 is 9.47 Å². The van der Waals surface area contributed by atoms with Gasteiger partial charge >= 0.3 is 0 Å². The second-order valence-electron chi connectivity index (χ2n) is 4.43. The lowest BCUT2D eigenvalue weighted by Gasteiger charge is -2.09. The third kappa shape index (κ3) is 3.21. The molecule has 1 aromatic heterocycles. The van der Waals surface area contributed by atoms with Crippen LogP contribution in [0.2, 0.25) is 0 Å². The molecule has 0 atom stereocenters. The number of methoxy groups -OCH3 is 1. The Balaban J connectivity index is 2.55. The molecule has 0 saturated heterocycles. The summed E-state index contributed by atoms with van der Waals surface area (Å²) in [6.07, 6.45) is 3.14. The Morgan fingerprint density at radius 1 is 1.41 bits per heavy atom. The Bertz CT molecular complexity index is 888. The molecule has 6 heteroatoms. The summed E-state index contributed by atoms with van der Waals surface area (Å²) in [5.41, 5.74) is 0.710. The summed E-state index contributed by atoms with van der Waals surface area (Å²) in [5.74, 6) is 1.28. The number of benzene rings is 1. The van der Waals surface area contributed by atoms with E-state index in [9.17, 15) is 4.79 Å². The van der Waals surface area contributed by atoms with E-state index in [1.807, 2.05) is 31.2 Å². The molecule has 114 valence electrons. The van der Waals surface area contributed by atoms with E-state index in [1.54, 1.807) is 20.2 Å². The van der Waals surface area contributed by atoms with Gasteiger partial charge in [-0.05, 0) is 30.7 Å². The van der Waals surface area contributed by atoms with E-state index in [4.69, 9.17) is 14.7 Å². The van der Waals surface area contributed by atoms with Gasteiger partial charge in [-0.3, -0.25) is 4.79 Å². The van der Waals surface area contributed by atoms with Crippen LogP contribution >= 0.6 is 11.3 Å². The number of aromatic nitrogens is 1. The van der Waals surface area contributed by atoms with Crippen molar-refractivity contribution in [1.82, 2.24) is 4.57 Å². The Hall–Kier alpha value is -2.52. The van der Waals surface area contributed by atoms with E-state index in [0.29, 0.717) is 27.3 Å².